The second kappa shape index (κ2) is 7.49. The summed E-state index contributed by atoms with van der Waals surface area (Å²) in [6, 6.07) is 0.803. The fourth-order valence-electron chi connectivity index (χ4n) is 1.91. The first-order valence-electron chi connectivity index (χ1n) is 5.79. The van der Waals surface area contributed by atoms with Gasteiger partial charge in [0.25, 0.3) is 0 Å². The van der Waals surface area contributed by atoms with E-state index in [0.29, 0.717) is 6.61 Å². The van der Waals surface area contributed by atoms with Gasteiger partial charge in [-0.15, -0.1) is 11.6 Å². The third-order valence-electron chi connectivity index (χ3n) is 3.02. The smallest absolute Gasteiger partial charge is 0.0443 e. The highest BCUT2D eigenvalue weighted by atomic mass is 35.5. The van der Waals surface area contributed by atoms with Crippen LogP contribution in [0.15, 0.2) is 0 Å². The zero-order valence-corrected chi connectivity index (χ0v) is 9.68. The SMILES string of the molecule is OCCCN(CCCCCl)C1CCC1. The Morgan fingerprint density at radius 1 is 1.14 bits per heavy atom. The van der Waals surface area contributed by atoms with Crippen LogP contribution < -0.4 is 0 Å². The van der Waals surface area contributed by atoms with Crippen molar-refractivity contribution in [2.75, 3.05) is 25.6 Å². The van der Waals surface area contributed by atoms with Crippen molar-refractivity contribution in [3.63, 3.8) is 0 Å². The van der Waals surface area contributed by atoms with Crippen LogP contribution in [-0.4, -0.2) is 41.6 Å². The van der Waals surface area contributed by atoms with E-state index in [1.165, 1.54) is 25.7 Å². The van der Waals surface area contributed by atoms with Crippen molar-refractivity contribution >= 4 is 11.6 Å². The molecule has 0 aromatic carbocycles. The Kier molecular flexibility index (Phi) is 6.57. The van der Waals surface area contributed by atoms with Crippen LogP contribution in [0, 0.1) is 0 Å². The molecule has 0 bridgehead atoms. The first-order chi connectivity index (χ1) is 6.88. The number of aliphatic hydroxyl groups excluding tert-OH is 1. The van der Waals surface area contributed by atoms with Crippen LogP contribution in [0.4, 0.5) is 0 Å². The largest absolute Gasteiger partial charge is 0.396 e. The Morgan fingerprint density at radius 2 is 1.86 bits per heavy atom. The maximum atomic E-state index is 8.81. The van der Waals surface area contributed by atoms with Gasteiger partial charge in [-0.25, -0.2) is 0 Å². The Morgan fingerprint density at radius 3 is 2.36 bits per heavy atom. The molecule has 1 aliphatic carbocycles. The lowest BCUT2D eigenvalue weighted by atomic mass is 9.91. The van der Waals surface area contributed by atoms with E-state index in [1.54, 1.807) is 0 Å². The molecule has 1 aliphatic rings. The van der Waals surface area contributed by atoms with Gasteiger partial charge in [-0.2, -0.15) is 0 Å². The summed E-state index contributed by atoms with van der Waals surface area (Å²) in [5.74, 6) is 0.776. The maximum Gasteiger partial charge on any atom is 0.0443 e. The summed E-state index contributed by atoms with van der Waals surface area (Å²) in [5, 5.41) is 8.81. The Bertz CT molecular complexity index is 139. The molecule has 0 aromatic heterocycles. The molecule has 1 N–H and O–H groups in total. The molecule has 84 valence electrons. The van der Waals surface area contributed by atoms with Crippen molar-refractivity contribution in [3.8, 4) is 0 Å². The molecule has 0 unspecified atom stereocenters. The summed E-state index contributed by atoms with van der Waals surface area (Å²) in [6.45, 7) is 2.54. The molecule has 3 heteroatoms. The van der Waals surface area contributed by atoms with E-state index in [9.17, 15) is 0 Å². The molecular formula is C11H22ClNO. The van der Waals surface area contributed by atoms with E-state index < -0.39 is 0 Å². The third kappa shape index (κ3) is 4.16. The summed E-state index contributed by atoms with van der Waals surface area (Å²) in [5.41, 5.74) is 0. The highest BCUT2D eigenvalue weighted by Gasteiger charge is 2.23. The lowest BCUT2D eigenvalue weighted by molar-refractivity contribution is 0.115. The minimum atomic E-state index is 0.318. The number of aliphatic hydroxyl groups is 1. The van der Waals surface area contributed by atoms with Crippen LogP contribution in [0.25, 0.3) is 0 Å². The molecule has 0 saturated heterocycles. The van der Waals surface area contributed by atoms with E-state index in [2.05, 4.69) is 4.90 Å². The summed E-state index contributed by atoms with van der Waals surface area (Å²) in [7, 11) is 0. The molecule has 1 rings (SSSR count). The van der Waals surface area contributed by atoms with E-state index in [-0.39, 0.29) is 0 Å². The van der Waals surface area contributed by atoms with E-state index >= 15 is 0 Å². The predicted octanol–water partition coefficient (Wildman–Crippen LogP) is 2.24. The topological polar surface area (TPSA) is 23.5 Å². The quantitative estimate of drug-likeness (QED) is 0.500. The fraction of sp³-hybridized carbons (Fsp3) is 1.00. The third-order valence-corrected chi connectivity index (χ3v) is 3.29. The molecule has 2 nitrogen and oxygen atoms in total. The van der Waals surface area contributed by atoms with Gasteiger partial charge in [0.05, 0.1) is 0 Å². The fourth-order valence-corrected chi connectivity index (χ4v) is 2.10. The van der Waals surface area contributed by atoms with Crippen LogP contribution in [0.3, 0.4) is 0 Å². The molecule has 0 atom stereocenters. The summed E-state index contributed by atoms with van der Waals surface area (Å²) >= 11 is 5.66. The van der Waals surface area contributed by atoms with Gasteiger partial charge < -0.3 is 10.0 Å². The minimum Gasteiger partial charge on any atom is -0.396 e. The van der Waals surface area contributed by atoms with Gasteiger partial charge in [0.15, 0.2) is 0 Å². The maximum absolute atomic E-state index is 8.81. The van der Waals surface area contributed by atoms with Crippen molar-refractivity contribution < 1.29 is 5.11 Å². The van der Waals surface area contributed by atoms with Crippen molar-refractivity contribution in [2.24, 2.45) is 0 Å². The van der Waals surface area contributed by atoms with E-state index in [1.807, 2.05) is 0 Å². The number of nitrogens with zero attached hydrogens (tertiary/aromatic N) is 1. The summed E-state index contributed by atoms with van der Waals surface area (Å²) in [6.07, 6.45) is 7.32. The van der Waals surface area contributed by atoms with Crippen molar-refractivity contribution in [2.45, 2.75) is 44.6 Å². The van der Waals surface area contributed by atoms with E-state index in [0.717, 1.165) is 37.9 Å². The van der Waals surface area contributed by atoms with Crippen molar-refractivity contribution in [1.29, 1.82) is 0 Å². The Hall–Kier alpha value is 0.210. The van der Waals surface area contributed by atoms with Crippen molar-refractivity contribution in [1.82, 2.24) is 4.90 Å². The normalized spacial score (nSPS) is 17.4. The predicted molar refractivity (Wildman–Crippen MR) is 60.9 cm³/mol. The number of alkyl halides is 1. The van der Waals surface area contributed by atoms with Gasteiger partial charge in [-0.3, -0.25) is 0 Å². The number of hydrogen-bond acceptors (Lipinski definition) is 2. The van der Waals surface area contributed by atoms with Gasteiger partial charge in [-0.05, 0) is 38.6 Å². The Labute approximate surface area is 92.2 Å². The second-order valence-electron chi connectivity index (χ2n) is 4.09. The standard InChI is InChI=1S/C11H22ClNO/c12-7-1-2-8-13(9-4-10-14)11-5-3-6-11/h11,14H,1-10H2. The Balaban J connectivity index is 2.14. The number of rotatable bonds is 8. The average molecular weight is 220 g/mol. The van der Waals surface area contributed by atoms with Crippen LogP contribution >= 0.6 is 11.6 Å². The van der Waals surface area contributed by atoms with Gasteiger partial charge in [0, 0.05) is 25.1 Å². The molecule has 0 radical (unpaired) electrons. The molecular weight excluding hydrogens is 198 g/mol. The lowest BCUT2D eigenvalue weighted by Gasteiger charge is -2.37. The molecule has 0 aliphatic heterocycles. The first-order valence-corrected chi connectivity index (χ1v) is 6.33. The van der Waals surface area contributed by atoms with Gasteiger partial charge in [0.1, 0.15) is 0 Å². The second-order valence-corrected chi connectivity index (χ2v) is 4.47. The number of halogens is 1. The zero-order valence-electron chi connectivity index (χ0n) is 8.92. The highest BCUT2D eigenvalue weighted by molar-refractivity contribution is 6.17. The van der Waals surface area contributed by atoms with Gasteiger partial charge in [-0.1, -0.05) is 6.42 Å². The zero-order chi connectivity index (χ0) is 10.2. The molecule has 1 fully saturated rings. The molecule has 0 amide bonds. The van der Waals surface area contributed by atoms with Gasteiger partial charge in [0.2, 0.25) is 0 Å². The molecule has 0 aromatic rings. The number of hydrogen-bond donors (Lipinski definition) is 1. The lowest BCUT2D eigenvalue weighted by Crippen LogP contribution is -2.41. The van der Waals surface area contributed by atoms with Gasteiger partial charge >= 0.3 is 0 Å². The first kappa shape index (κ1) is 12.3. The average Bonchev–Trinajstić information content (AvgIpc) is 2.11. The van der Waals surface area contributed by atoms with Crippen molar-refractivity contribution in [3.05, 3.63) is 0 Å². The summed E-state index contributed by atoms with van der Waals surface area (Å²) < 4.78 is 0. The molecule has 14 heavy (non-hydrogen) atoms. The summed E-state index contributed by atoms with van der Waals surface area (Å²) in [4.78, 5) is 2.53. The number of unbranched alkanes of at least 4 members (excludes halogenated alkanes) is 1. The molecule has 0 spiro atoms. The highest BCUT2D eigenvalue weighted by Crippen LogP contribution is 2.25. The van der Waals surface area contributed by atoms with E-state index in [4.69, 9.17) is 16.7 Å². The minimum absolute atomic E-state index is 0.318. The van der Waals surface area contributed by atoms with Crippen LogP contribution in [0.2, 0.25) is 0 Å². The van der Waals surface area contributed by atoms with Crippen LogP contribution in [0.5, 0.6) is 0 Å². The van der Waals surface area contributed by atoms with Crippen LogP contribution in [0.1, 0.15) is 38.5 Å². The molecule has 1 saturated carbocycles. The monoisotopic (exact) mass is 219 g/mol. The van der Waals surface area contributed by atoms with Crippen LogP contribution in [-0.2, 0) is 0 Å². The molecule has 0 heterocycles.